The Morgan fingerprint density at radius 2 is 2.00 bits per heavy atom. The summed E-state index contributed by atoms with van der Waals surface area (Å²) in [6.07, 6.45) is 0.822. The normalized spacial score (nSPS) is 18.1. The molecular weight excluding hydrogens is 452 g/mol. The summed E-state index contributed by atoms with van der Waals surface area (Å²) in [5.41, 5.74) is 1.01. The highest BCUT2D eigenvalue weighted by Gasteiger charge is 2.39. The largest absolute Gasteiger partial charge is 0.293 e. The van der Waals surface area contributed by atoms with Crippen LogP contribution in [-0.2, 0) is 11.0 Å². The van der Waals surface area contributed by atoms with Crippen molar-refractivity contribution in [2.75, 3.05) is 0 Å². The topological polar surface area (TPSA) is 94.6 Å². The van der Waals surface area contributed by atoms with Crippen LogP contribution in [0.3, 0.4) is 0 Å². The number of fused-ring (bicyclic) bond motifs is 1. The molecule has 2 aromatic rings. The molecule has 30 heavy (non-hydrogen) atoms. The van der Waals surface area contributed by atoms with Crippen molar-refractivity contribution in [3.05, 3.63) is 22.8 Å². The first-order valence-corrected chi connectivity index (χ1v) is 12.1. The molecular formula is C19H24ClF2N5OS2. The molecule has 1 unspecified atom stereocenters. The monoisotopic (exact) mass is 475 g/mol. The molecule has 2 saturated carbocycles. The van der Waals surface area contributed by atoms with E-state index in [2.05, 4.69) is 9.82 Å². The van der Waals surface area contributed by atoms with Crippen molar-refractivity contribution in [1.29, 1.82) is 10.8 Å². The Hall–Kier alpha value is -1.36. The van der Waals surface area contributed by atoms with Gasteiger partial charge in [0.1, 0.15) is 16.0 Å². The Morgan fingerprint density at radius 3 is 2.53 bits per heavy atom. The van der Waals surface area contributed by atoms with E-state index in [-0.39, 0.29) is 16.6 Å². The van der Waals surface area contributed by atoms with E-state index in [0.717, 1.165) is 25.7 Å². The lowest BCUT2D eigenvalue weighted by atomic mass is 10.1. The van der Waals surface area contributed by atoms with E-state index in [9.17, 15) is 13.0 Å². The molecule has 3 N–H and O–H groups in total. The lowest BCUT2D eigenvalue weighted by Crippen LogP contribution is -2.29. The standard InChI is InChI=1S/C17H18ClF2N5OS2.C2H6/c1-17(4-5-17)24-28(26)9-6-10(18)12-11(7-9)25(23-13(12)8-2-3-8)16(22)27-15(21)14(19)20;1-2/h6-8,14,21-22,24H,2-5H2,1H3;1-2H3. The van der Waals surface area contributed by atoms with Gasteiger partial charge >= 0.3 is 0 Å². The molecule has 2 fully saturated rings. The fraction of sp³-hybridized carbons (Fsp3) is 0.526. The first-order chi connectivity index (χ1) is 14.2. The summed E-state index contributed by atoms with van der Waals surface area (Å²) < 4.78 is 42.4. The molecule has 0 amide bonds. The number of thioether (sulfide) groups is 1. The maximum atomic E-state index is 12.7. The quantitative estimate of drug-likeness (QED) is 0.392. The molecule has 11 heteroatoms. The summed E-state index contributed by atoms with van der Waals surface area (Å²) in [5, 5.41) is 19.7. The second-order valence-electron chi connectivity index (χ2n) is 7.37. The number of rotatable bonds is 5. The Balaban J connectivity index is 0.00000124. The summed E-state index contributed by atoms with van der Waals surface area (Å²) >= 11 is 6.83. The van der Waals surface area contributed by atoms with Gasteiger partial charge in [0.2, 0.25) is 0 Å². The molecule has 1 atom stereocenters. The second kappa shape index (κ2) is 9.02. The van der Waals surface area contributed by atoms with Gasteiger partial charge in [-0.15, -0.1) is 0 Å². The average molecular weight is 476 g/mol. The van der Waals surface area contributed by atoms with E-state index in [0.29, 0.717) is 38.3 Å². The zero-order valence-corrected chi connectivity index (χ0v) is 19.3. The number of hydrogen-bond donors (Lipinski definition) is 3. The smallest absolute Gasteiger partial charge is 0.286 e. The van der Waals surface area contributed by atoms with Crippen LogP contribution in [0.1, 0.15) is 58.1 Å². The van der Waals surface area contributed by atoms with E-state index in [4.69, 9.17) is 22.4 Å². The van der Waals surface area contributed by atoms with E-state index in [1.807, 2.05) is 20.8 Å². The Bertz CT molecular complexity index is 1020. The van der Waals surface area contributed by atoms with Gasteiger partial charge in [-0.3, -0.25) is 10.8 Å². The molecule has 6 nitrogen and oxygen atoms in total. The molecule has 2 aliphatic rings. The zero-order valence-electron chi connectivity index (χ0n) is 16.9. The molecule has 1 aromatic carbocycles. The summed E-state index contributed by atoms with van der Waals surface area (Å²) in [4.78, 5) is 0.441. The van der Waals surface area contributed by atoms with Crippen LogP contribution in [0.5, 0.6) is 0 Å². The van der Waals surface area contributed by atoms with Crippen LogP contribution in [0, 0.1) is 10.8 Å². The van der Waals surface area contributed by atoms with Gasteiger partial charge in [0, 0.05) is 16.8 Å². The zero-order chi connectivity index (χ0) is 22.2. The van der Waals surface area contributed by atoms with Gasteiger partial charge < -0.3 is 0 Å². The van der Waals surface area contributed by atoms with Crippen LogP contribution in [0.25, 0.3) is 10.9 Å². The van der Waals surface area contributed by atoms with Gasteiger partial charge in [-0.05, 0) is 56.5 Å². The Morgan fingerprint density at radius 1 is 1.37 bits per heavy atom. The van der Waals surface area contributed by atoms with Crippen LogP contribution < -0.4 is 4.72 Å². The third-order valence-electron chi connectivity index (χ3n) is 4.85. The first-order valence-electron chi connectivity index (χ1n) is 9.74. The first kappa shape index (κ1) is 23.3. The van der Waals surface area contributed by atoms with Crippen LogP contribution >= 0.6 is 23.4 Å². The van der Waals surface area contributed by atoms with Crippen molar-refractivity contribution in [2.24, 2.45) is 0 Å². The number of benzene rings is 1. The van der Waals surface area contributed by atoms with Gasteiger partial charge in [-0.25, -0.2) is 22.4 Å². The number of aromatic nitrogens is 2. The number of halogens is 3. The summed E-state index contributed by atoms with van der Waals surface area (Å²) in [5.74, 6) is 0.216. The molecule has 164 valence electrons. The Kier molecular flexibility index (Phi) is 7.01. The maximum absolute atomic E-state index is 12.7. The third-order valence-corrected chi connectivity index (χ3v) is 7.25. The van der Waals surface area contributed by atoms with E-state index in [1.165, 1.54) is 4.68 Å². The molecule has 0 bridgehead atoms. The second-order valence-corrected chi connectivity index (χ2v) is 10.0. The number of hydrogen-bond acceptors (Lipinski definition) is 5. The van der Waals surface area contributed by atoms with Gasteiger partial charge in [-0.2, -0.15) is 5.10 Å². The summed E-state index contributed by atoms with van der Waals surface area (Å²) in [7, 11) is -1.50. The van der Waals surface area contributed by atoms with Crippen molar-refractivity contribution < 1.29 is 13.0 Å². The summed E-state index contributed by atoms with van der Waals surface area (Å²) in [6.45, 7) is 5.99. The number of nitrogens with zero attached hydrogens (tertiary/aromatic N) is 2. The molecule has 0 spiro atoms. The van der Waals surface area contributed by atoms with Crippen molar-refractivity contribution in [1.82, 2.24) is 14.5 Å². The van der Waals surface area contributed by atoms with Gasteiger partial charge in [0.25, 0.3) is 6.43 Å². The van der Waals surface area contributed by atoms with Crippen molar-refractivity contribution in [3.8, 4) is 0 Å². The molecule has 2 aliphatic carbocycles. The highest BCUT2D eigenvalue weighted by atomic mass is 35.5. The molecule has 4 rings (SSSR count). The number of alkyl halides is 2. The van der Waals surface area contributed by atoms with Crippen LogP contribution in [0.2, 0.25) is 5.02 Å². The number of nitrogens with one attached hydrogen (secondary N) is 3. The van der Waals surface area contributed by atoms with Crippen molar-refractivity contribution in [3.63, 3.8) is 0 Å². The van der Waals surface area contributed by atoms with E-state index >= 15 is 0 Å². The highest BCUT2D eigenvalue weighted by Crippen LogP contribution is 2.45. The van der Waals surface area contributed by atoms with Crippen molar-refractivity contribution >= 4 is 55.5 Å². The molecule has 1 aromatic heterocycles. The SMILES string of the molecule is CC.CC1(NS(=O)c2cc(Cl)c3c(C4CC4)nn(C(=N)SC(=N)C(F)F)c3c2)CC1. The van der Waals surface area contributed by atoms with E-state index < -0.39 is 22.5 Å². The maximum Gasteiger partial charge on any atom is 0.286 e. The minimum absolute atomic E-state index is 0.152. The van der Waals surface area contributed by atoms with Crippen LogP contribution in [0.15, 0.2) is 17.0 Å². The summed E-state index contributed by atoms with van der Waals surface area (Å²) in [6, 6.07) is 3.27. The Labute approximate surface area is 185 Å². The van der Waals surface area contributed by atoms with E-state index in [1.54, 1.807) is 12.1 Å². The predicted octanol–water partition coefficient (Wildman–Crippen LogP) is 5.52. The fourth-order valence-corrected chi connectivity index (χ4v) is 4.98. The van der Waals surface area contributed by atoms with Crippen LogP contribution in [-0.4, -0.2) is 36.2 Å². The predicted molar refractivity (Wildman–Crippen MR) is 120 cm³/mol. The van der Waals surface area contributed by atoms with Crippen molar-refractivity contribution in [2.45, 2.75) is 69.2 Å². The van der Waals surface area contributed by atoms with Gasteiger partial charge in [0.05, 0.1) is 21.1 Å². The minimum Gasteiger partial charge on any atom is -0.293 e. The molecule has 0 radical (unpaired) electrons. The third kappa shape index (κ3) is 4.92. The highest BCUT2D eigenvalue weighted by molar-refractivity contribution is 8.26. The minimum atomic E-state index is -2.95. The molecule has 0 saturated heterocycles. The van der Waals surface area contributed by atoms with Gasteiger partial charge in [0.15, 0.2) is 5.17 Å². The van der Waals surface area contributed by atoms with Gasteiger partial charge in [-0.1, -0.05) is 25.4 Å². The average Bonchev–Trinajstić information content (AvgIpc) is 3.63. The van der Waals surface area contributed by atoms with Crippen LogP contribution in [0.4, 0.5) is 8.78 Å². The lowest BCUT2D eigenvalue weighted by Gasteiger charge is -2.12. The molecule has 0 aliphatic heterocycles. The molecule has 1 heterocycles. The fourth-order valence-electron chi connectivity index (χ4n) is 2.87. The lowest BCUT2D eigenvalue weighted by molar-refractivity contribution is 0.228.